The van der Waals surface area contributed by atoms with E-state index in [1.54, 1.807) is 30.3 Å². The van der Waals surface area contributed by atoms with Crippen molar-refractivity contribution >= 4 is 17.7 Å². The van der Waals surface area contributed by atoms with Crippen molar-refractivity contribution in [1.29, 1.82) is 0 Å². The fourth-order valence-electron chi connectivity index (χ4n) is 1.82. The number of amides is 1. The molecule has 0 radical (unpaired) electrons. The van der Waals surface area contributed by atoms with E-state index in [1.807, 2.05) is 0 Å². The van der Waals surface area contributed by atoms with Gasteiger partial charge in [0.2, 0.25) is 0 Å². The van der Waals surface area contributed by atoms with E-state index in [0.717, 1.165) is 0 Å². The number of aliphatic hydroxyl groups is 4. The lowest BCUT2D eigenvalue weighted by molar-refractivity contribution is -0.130. The summed E-state index contributed by atoms with van der Waals surface area (Å²) in [4.78, 5) is 16.0. The fraction of sp³-hybridized carbons (Fsp3) is 0.385. The normalized spacial score (nSPS) is 29.7. The van der Waals surface area contributed by atoms with Crippen LogP contribution in [0.1, 0.15) is 0 Å². The van der Waals surface area contributed by atoms with E-state index in [0.29, 0.717) is 5.69 Å². The number of nitrogens with zero attached hydrogens (tertiary/aromatic N) is 1. The minimum Gasteiger partial charge on any atom is -0.468 e. The van der Waals surface area contributed by atoms with E-state index in [4.69, 9.17) is 9.84 Å². The molecular weight excluding hydrogens is 296 g/mol. The molecule has 22 heavy (non-hydrogen) atoms. The maximum Gasteiger partial charge on any atom is 0.437 e. The number of para-hydroxylation sites is 1. The molecular formula is C13H16N2O7. The highest BCUT2D eigenvalue weighted by atomic mass is 16.7. The van der Waals surface area contributed by atoms with Gasteiger partial charge in [-0.25, -0.2) is 4.79 Å². The zero-order valence-electron chi connectivity index (χ0n) is 11.4. The molecule has 5 N–H and O–H groups in total. The van der Waals surface area contributed by atoms with E-state index in [9.17, 15) is 20.1 Å². The molecule has 1 aromatic carbocycles. The summed E-state index contributed by atoms with van der Waals surface area (Å²) in [5.74, 6) is -0.514. The van der Waals surface area contributed by atoms with Crippen molar-refractivity contribution in [3.05, 3.63) is 30.3 Å². The van der Waals surface area contributed by atoms with Crippen LogP contribution in [-0.4, -0.2) is 63.4 Å². The summed E-state index contributed by atoms with van der Waals surface area (Å²) in [5, 5.41) is 43.5. The molecule has 4 atom stereocenters. The Bertz CT molecular complexity index is 534. The third-order valence-electron chi connectivity index (χ3n) is 3.00. The Morgan fingerprint density at radius 2 is 1.91 bits per heavy atom. The predicted molar refractivity (Wildman–Crippen MR) is 74.0 cm³/mol. The average molecular weight is 312 g/mol. The summed E-state index contributed by atoms with van der Waals surface area (Å²) in [5.41, 5.74) is 0.474. The highest BCUT2D eigenvalue weighted by Crippen LogP contribution is 2.17. The van der Waals surface area contributed by atoms with Gasteiger partial charge < -0.3 is 25.2 Å². The van der Waals surface area contributed by atoms with Crippen molar-refractivity contribution in [3.63, 3.8) is 0 Å². The summed E-state index contributed by atoms with van der Waals surface area (Å²) in [6, 6.07) is 8.44. The number of carbonyl (C=O) groups excluding carboxylic acids is 1. The lowest BCUT2D eigenvalue weighted by Gasteiger charge is -2.34. The predicted octanol–water partition coefficient (Wildman–Crippen LogP) is -0.978. The van der Waals surface area contributed by atoms with Gasteiger partial charge in [0.05, 0.1) is 6.61 Å². The first-order chi connectivity index (χ1) is 10.5. The smallest absolute Gasteiger partial charge is 0.437 e. The summed E-state index contributed by atoms with van der Waals surface area (Å²) in [6.45, 7) is -0.611. The van der Waals surface area contributed by atoms with Crippen molar-refractivity contribution in [3.8, 4) is 0 Å². The van der Waals surface area contributed by atoms with Gasteiger partial charge in [0, 0.05) is 5.69 Å². The van der Waals surface area contributed by atoms with Crippen molar-refractivity contribution in [1.82, 2.24) is 0 Å². The number of oxime groups is 1. The molecule has 0 saturated carbocycles. The third kappa shape index (κ3) is 3.71. The van der Waals surface area contributed by atoms with Crippen molar-refractivity contribution in [2.24, 2.45) is 5.16 Å². The number of aliphatic hydroxyl groups excluding tert-OH is 4. The van der Waals surface area contributed by atoms with E-state index < -0.39 is 43.0 Å². The molecule has 1 aromatic rings. The van der Waals surface area contributed by atoms with Gasteiger partial charge in [0.15, 0.2) is 12.2 Å². The van der Waals surface area contributed by atoms with Gasteiger partial charge in [-0.2, -0.15) is 0 Å². The van der Waals surface area contributed by atoms with Crippen LogP contribution in [0, 0.1) is 0 Å². The first-order valence-electron chi connectivity index (χ1n) is 6.45. The molecule has 1 aliphatic rings. The number of rotatable bonds is 3. The molecule has 1 fully saturated rings. The lowest BCUT2D eigenvalue weighted by Crippen LogP contribution is -2.56. The van der Waals surface area contributed by atoms with Gasteiger partial charge >= 0.3 is 6.09 Å². The second-order valence-electron chi connectivity index (χ2n) is 4.56. The average Bonchev–Trinajstić information content (AvgIpc) is 2.53. The van der Waals surface area contributed by atoms with Crippen molar-refractivity contribution in [2.45, 2.75) is 24.4 Å². The monoisotopic (exact) mass is 312 g/mol. The van der Waals surface area contributed by atoms with E-state index in [-0.39, 0.29) is 0 Å². The Hall–Kier alpha value is -2.20. The molecule has 2 rings (SSSR count). The highest BCUT2D eigenvalue weighted by molar-refractivity contribution is 5.86. The SMILES string of the molecule is O=C(Nc1ccccc1)O/N=C1\O[C@H](CO)[C@@H](O)[C@@H](O)[C@@H]1O. The summed E-state index contributed by atoms with van der Waals surface area (Å²) in [6.07, 6.45) is -6.90. The second-order valence-corrected chi connectivity index (χ2v) is 4.56. The van der Waals surface area contributed by atoms with Crippen LogP contribution in [-0.2, 0) is 9.57 Å². The van der Waals surface area contributed by atoms with Crippen LogP contribution < -0.4 is 5.32 Å². The summed E-state index contributed by atoms with van der Waals surface area (Å²) < 4.78 is 4.97. The zero-order chi connectivity index (χ0) is 16.1. The molecule has 1 aliphatic heterocycles. The number of hydrogen-bond acceptors (Lipinski definition) is 8. The first kappa shape index (κ1) is 16.2. The topological polar surface area (TPSA) is 141 Å². The largest absolute Gasteiger partial charge is 0.468 e. The minimum absolute atomic E-state index is 0.474. The molecule has 9 nitrogen and oxygen atoms in total. The summed E-state index contributed by atoms with van der Waals surface area (Å²) >= 11 is 0. The maximum absolute atomic E-state index is 11.5. The van der Waals surface area contributed by atoms with E-state index >= 15 is 0 Å². The molecule has 120 valence electrons. The van der Waals surface area contributed by atoms with E-state index in [1.165, 1.54) is 0 Å². The van der Waals surface area contributed by atoms with Crippen molar-refractivity contribution in [2.75, 3.05) is 11.9 Å². The first-order valence-corrected chi connectivity index (χ1v) is 6.45. The van der Waals surface area contributed by atoms with Crippen LogP contribution in [0.5, 0.6) is 0 Å². The number of nitrogens with one attached hydrogen (secondary N) is 1. The number of anilines is 1. The standard InChI is InChI=1S/C13H16N2O7/c16-6-8-9(17)10(18)11(19)12(21-8)15-22-13(20)14-7-4-2-1-3-5-7/h1-5,8-11,16-19H,6H2,(H,14,20)/b15-12-/t8-,9-,10-,11+/m1/s1. The van der Waals surface area contributed by atoms with Crippen LogP contribution >= 0.6 is 0 Å². The van der Waals surface area contributed by atoms with Gasteiger partial charge in [0.25, 0.3) is 5.90 Å². The summed E-state index contributed by atoms with van der Waals surface area (Å²) in [7, 11) is 0. The quantitative estimate of drug-likeness (QED) is 0.357. The molecule has 0 bridgehead atoms. The number of benzene rings is 1. The Morgan fingerprint density at radius 3 is 2.55 bits per heavy atom. The maximum atomic E-state index is 11.5. The molecule has 1 amide bonds. The minimum atomic E-state index is -1.68. The van der Waals surface area contributed by atoms with Gasteiger partial charge in [-0.1, -0.05) is 18.2 Å². The molecule has 9 heteroatoms. The second kappa shape index (κ2) is 7.18. The van der Waals surface area contributed by atoms with Crippen molar-refractivity contribution < 1.29 is 34.8 Å². The lowest BCUT2D eigenvalue weighted by atomic mass is 10.00. The Labute approximate surface area is 125 Å². The number of hydrogen-bond donors (Lipinski definition) is 5. The van der Waals surface area contributed by atoms with Crippen LogP contribution in [0.3, 0.4) is 0 Å². The highest BCUT2D eigenvalue weighted by Gasteiger charge is 2.42. The molecule has 0 spiro atoms. The Balaban J connectivity index is 1.98. The molecule has 0 aromatic heterocycles. The van der Waals surface area contributed by atoms with Crippen LogP contribution in [0.4, 0.5) is 10.5 Å². The van der Waals surface area contributed by atoms with Crippen LogP contribution in [0.2, 0.25) is 0 Å². The zero-order valence-corrected chi connectivity index (χ0v) is 11.4. The molecule has 1 saturated heterocycles. The van der Waals surface area contributed by atoms with Gasteiger partial charge in [-0.05, 0) is 17.3 Å². The fourth-order valence-corrected chi connectivity index (χ4v) is 1.82. The number of ether oxygens (including phenoxy) is 1. The van der Waals surface area contributed by atoms with Gasteiger partial charge in [-0.3, -0.25) is 10.2 Å². The number of carbonyl (C=O) groups is 1. The van der Waals surface area contributed by atoms with Crippen LogP contribution in [0.15, 0.2) is 35.5 Å². The third-order valence-corrected chi connectivity index (χ3v) is 3.00. The molecule has 1 heterocycles. The van der Waals surface area contributed by atoms with E-state index in [2.05, 4.69) is 15.3 Å². The molecule has 0 aliphatic carbocycles. The van der Waals surface area contributed by atoms with Gasteiger partial charge in [0.1, 0.15) is 12.2 Å². The van der Waals surface area contributed by atoms with Gasteiger partial charge in [-0.15, -0.1) is 0 Å². The Morgan fingerprint density at radius 1 is 1.23 bits per heavy atom. The Kier molecular flexibility index (Phi) is 5.28. The van der Waals surface area contributed by atoms with Crippen LogP contribution in [0.25, 0.3) is 0 Å². The molecule has 0 unspecified atom stereocenters.